The van der Waals surface area contributed by atoms with E-state index in [0.29, 0.717) is 11.1 Å². The summed E-state index contributed by atoms with van der Waals surface area (Å²) in [7, 11) is 0. The fourth-order valence-corrected chi connectivity index (χ4v) is 3.63. The number of carbonyl (C=O) groups is 2. The minimum Gasteiger partial charge on any atom is -0.459 e. The predicted octanol–water partition coefficient (Wildman–Crippen LogP) is 2.31. The van der Waals surface area contributed by atoms with Gasteiger partial charge in [0.1, 0.15) is 25.4 Å². The Morgan fingerprint density at radius 1 is 0.839 bits per heavy atom. The van der Waals surface area contributed by atoms with Gasteiger partial charge in [0.25, 0.3) is 0 Å². The maximum atomic E-state index is 12.4. The van der Waals surface area contributed by atoms with Crippen LogP contribution in [0.4, 0.5) is 0 Å². The second-order valence-corrected chi connectivity index (χ2v) is 7.98. The van der Waals surface area contributed by atoms with Crippen molar-refractivity contribution in [1.82, 2.24) is 0 Å². The minimum atomic E-state index is -1.54. The van der Waals surface area contributed by atoms with E-state index in [1.54, 1.807) is 74.5 Å². The van der Waals surface area contributed by atoms with E-state index in [4.69, 9.17) is 23.7 Å². The number of ether oxygens (including phenoxy) is 5. The highest BCUT2D eigenvalue weighted by Crippen LogP contribution is 2.42. The molecule has 2 aliphatic heterocycles. The van der Waals surface area contributed by atoms with Gasteiger partial charge in [0.15, 0.2) is 17.7 Å². The average molecular weight is 428 g/mol. The van der Waals surface area contributed by atoms with E-state index < -0.39 is 41.8 Å². The van der Waals surface area contributed by atoms with Crippen LogP contribution in [0.3, 0.4) is 0 Å². The van der Waals surface area contributed by atoms with Gasteiger partial charge < -0.3 is 28.8 Å². The van der Waals surface area contributed by atoms with Gasteiger partial charge in [-0.2, -0.15) is 0 Å². The van der Waals surface area contributed by atoms with Crippen molar-refractivity contribution in [3.05, 3.63) is 71.8 Å². The molecule has 2 heterocycles. The molecule has 3 atom stereocenters. The molecule has 2 aromatic rings. The Hall–Kier alpha value is -2.78. The zero-order valence-corrected chi connectivity index (χ0v) is 17.2. The first-order valence-electron chi connectivity index (χ1n) is 9.96. The fourth-order valence-electron chi connectivity index (χ4n) is 3.63. The number of aliphatic hydroxyl groups is 1. The molecule has 4 rings (SSSR count). The van der Waals surface area contributed by atoms with Crippen molar-refractivity contribution in [2.24, 2.45) is 0 Å². The van der Waals surface area contributed by atoms with Crippen molar-refractivity contribution in [2.45, 2.75) is 43.7 Å². The van der Waals surface area contributed by atoms with Gasteiger partial charge in [-0.3, -0.25) is 0 Å². The van der Waals surface area contributed by atoms with Gasteiger partial charge in [0.05, 0.1) is 11.1 Å². The molecule has 2 fully saturated rings. The number of fused-ring (bicyclic) bond motifs is 1. The third-order valence-corrected chi connectivity index (χ3v) is 5.20. The van der Waals surface area contributed by atoms with Crippen molar-refractivity contribution < 1.29 is 38.4 Å². The van der Waals surface area contributed by atoms with Gasteiger partial charge in [-0.1, -0.05) is 36.4 Å². The molecule has 0 amide bonds. The number of hydrogen-bond acceptors (Lipinski definition) is 8. The Bertz CT molecular complexity index is 872. The van der Waals surface area contributed by atoms with Gasteiger partial charge in [-0.15, -0.1) is 0 Å². The fraction of sp³-hybridized carbons (Fsp3) is 0.391. The summed E-state index contributed by atoms with van der Waals surface area (Å²) >= 11 is 0. The maximum absolute atomic E-state index is 12.4. The molecule has 164 valence electrons. The topological polar surface area (TPSA) is 101 Å². The zero-order valence-electron chi connectivity index (χ0n) is 17.2. The highest BCUT2D eigenvalue weighted by Gasteiger charge is 2.62. The van der Waals surface area contributed by atoms with Crippen LogP contribution in [0.25, 0.3) is 0 Å². The lowest BCUT2D eigenvalue weighted by atomic mass is 9.97. The summed E-state index contributed by atoms with van der Waals surface area (Å²) in [4.78, 5) is 24.9. The molecule has 8 nitrogen and oxygen atoms in total. The summed E-state index contributed by atoms with van der Waals surface area (Å²) < 4.78 is 28.2. The molecule has 0 spiro atoms. The molecular formula is C23H24O8. The van der Waals surface area contributed by atoms with Crippen LogP contribution in [0.2, 0.25) is 0 Å². The van der Waals surface area contributed by atoms with E-state index >= 15 is 0 Å². The molecule has 0 aliphatic carbocycles. The third-order valence-electron chi connectivity index (χ3n) is 5.20. The number of esters is 2. The maximum Gasteiger partial charge on any atom is 0.338 e. The molecule has 0 aromatic heterocycles. The summed E-state index contributed by atoms with van der Waals surface area (Å²) in [6, 6.07) is 16.9. The van der Waals surface area contributed by atoms with Crippen molar-refractivity contribution >= 4 is 11.9 Å². The number of benzene rings is 2. The standard InChI is InChI=1S/C23H24O8/c1-22(2)29-17-18(24)23(31-21(17)30-22,13-27-19(25)15-9-5-3-6-10-15)14-28-20(26)16-11-7-4-8-12-16/h3-12,17-18,21,24H,13-14H2,1-2H3/t17-,18+,21+/m1/s1. The lowest BCUT2D eigenvalue weighted by molar-refractivity contribution is -0.252. The number of carbonyl (C=O) groups excluding carboxylic acids is 2. The molecule has 2 aromatic carbocycles. The van der Waals surface area contributed by atoms with E-state index in [-0.39, 0.29) is 13.2 Å². The second kappa shape index (κ2) is 8.39. The van der Waals surface area contributed by atoms with Crippen LogP contribution in [-0.4, -0.2) is 60.1 Å². The molecule has 2 saturated heterocycles. The largest absolute Gasteiger partial charge is 0.459 e. The van der Waals surface area contributed by atoms with Crippen LogP contribution in [0.1, 0.15) is 34.6 Å². The normalized spacial score (nSPS) is 25.6. The molecular weight excluding hydrogens is 404 g/mol. The summed E-state index contributed by atoms with van der Waals surface area (Å²) in [6.45, 7) is 2.69. The van der Waals surface area contributed by atoms with E-state index in [1.807, 2.05) is 0 Å². The number of rotatable bonds is 6. The smallest absolute Gasteiger partial charge is 0.338 e. The molecule has 8 heteroatoms. The molecule has 2 aliphatic rings. The van der Waals surface area contributed by atoms with Gasteiger partial charge >= 0.3 is 11.9 Å². The van der Waals surface area contributed by atoms with Crippen LogP contribution >= 0.6 is 0 Å². The molecule has 0 radical (unpaired) electrons. The Morgan fingerprint density at radius 2 is 1.32 bits per heavy atom. The van der Waals surface area contributed by atoms with Crippen molar-refractivity contribution in [3.63, 3.8) is 0 Å². The SMILES string of the molecule is CC1(C)O[C@H]2OC(COC(=O)c3ccccc3)(COC(=O)c3ccccc3)[C@@H](O)[C@H]2O1. The minimum absolute atomic E-state index is 0.347. The third kappa shape index (κ3) is 4.47. The van der Waals surface area contributed by atoms with Gasteiger partial charge in [0, 0.05) is 0 Å². The van der Waals surface area contributed by atoms with Gasteiger partial charge in [0.2, 0.25) is 0 Å². The van der Waals surface area contributed by atoms with Crippen molar-refractivity contribution in [1.29, 1.82) is 0 Å². The van der Waals surface area contributed by atoms with Crippen LogP contribution < -0.4 is 0 Å². The van der Waals surface area contributed by atoms with E-state index in [1.165, 1.54) is 0 Å². The quantitative estimate of drug-likeness (QED) is 0.700. The molecule has 31 heavy (non-hydrogen) atoms. The van der Waals surface area contributed by atoms with Crippen molar-refractivity contribution in [3.8, 4) is 0 Å². The Balaban J connectivity index is 1.50. The Kier molecular flexibility index (Phi) is 5.81. The first-order chi connectivity index (χ1) is 14.8. The molecule has 0 bridgehead atoms. The second-order valence-electron chi connectivity index (χ2n) is 7.98. The lowest BCUT2D eigenvalue weighted by Gasteiger charge is -2.33. The summed E-state index contributed by atoms with van der Waals surface area (Å²) in [5.41, 5.74) is -0.846. The highest BCUT2D eigenvalue weighted by molar-refractivity contribution is 5.90. The molecule has 0 unspecified atom stereocenters. The monoisotopic (exact) mass is 428 g/mol. The van der Waals surface area contributed by atoms with E-state index in [9.17, 15) is 14.7 Å². The van der Waals surface area contributed by atoms with Crippen molar-refractivity contribution in [2.75, 3.05) is 13.2 Å². The first-order valence-corrected chi connectivity index (χ1v) is 9.96. The van der Waals surface area contributed by atoms with E-state index in [2.05, 4.69) is 0 Å². The number of hydrogen-bond donors (Lipinski definition) is 1. The van der Waals surface area contributed by atoms with Gasteiger partial charge in [-0.25, -0.2) is 9.59 Å². The molecule has 0 saturated carbocycles. The van der Waals surface area contributed by atoms with Crippen LogP contribution in [0.5, 0.6) is 0 Å². The molecule has 1 N–H and O–H groups in total. The van der Waals surface area contributed by atoms with Crippen LogP contribution in [0.15, 0.2) is 60.7 Å². The summed E-state index contributed by atoms with van der Waals surface area (Å²) in [6.07, 6.45) is -2.97. The first kappa shape index (κ1) is 21.5. The zero-order chi connectivity index (χ0) is 22.1. The summed E-state index contributed by atoms with van der Waals surface area (Å²) in [5.74, 6) is -2.13. The average Bonchev–Trinajstić information content (AvgIpc) is 3.21. The predicted molar refractivity (Wildman–Crippen MR) is 107 cm³/mol. The summed E-state index contributed by atoms with van der Waals surface area (Å²) in [5, 5.41) is 11.0. The highest BCUT2D eigenvalue weighted by atomic mass is 16.8. The van der Waals surface area contributed by atoms with Crippen LogP contribution in [-0.2, 0) is 23.7 Å². The van der Waals surface area contributed by atoms with Gasteiger partial charge in [-0.05, 0) is 38.1 Å². The van der Waals surface area contributed by atoms with Crippen LogP contribution in [0, 0.1) is 0 Å². The Morgan fingerprint density at radius 3 is 1.77 bits per heavy atom. The lowest BCUT2D eigenvalue weighted by Crippen LogP contribution is -2.52. The Labute approximate surface area is 179 Å². The number of aliphatic hydroxyl groups excluding tert-OH is 1. The van der Waals surface area contributed by atoms with E-state index in [0.717, 1.165) is 0 Å².